The highest BCUT2D eigenvalue weighted by Crippen LogP contribution is 2.03. The predicted molar refractivity (Wildman–Crippen MR) is 67.1 cm³/mol. The monoisotopic (exact) mass is 257 g/mol. The Hall–Kier alpha value is -0.0300. The van der Waals surface area contributed by atoms with Crippen molar-refractivity contribution in [3.63, 3.8) is 0 Å². The number of nitrogens with one attached hydrogen (secondary N) is 2. The van der Waals surface area contributed by atoms with Crippen molar-refractivity contribution in [1.82, 2.24) is 15.5 Å². The summed E-state index contributed by atoms with van der Waals surface area (Å²) in [6.07, 6.45) is 2.10. The van der Waals surface area contributed by atoms with Crippen LogP contribution in [0.2, 0.25) is 0 Å². The fourth-order valence-electron chi connectivity index (χ4n) is 1.43. The molecule has 1 heterocycles. The summed E-state index contributed by atoms with van der Waals surface area (Å²) in [7, 11) is 4.00. The van der Waals surface area contributed by atoms with Crippen molar-refractivity contribution in [2.24, 2.45) is 0 Å². The van der Waals surface area contributed by atoms with Crippen molar-refractivity contribution in [1.29, 1.82) is 0 Å². The molecular formula is C9H21Cl2N3O. The van der Waals surface area contributed by atoms with Crippen molar-refractivity contribution in [2.45, 2.75) is 18.9 Å². The molecule has 1 atom stereocenters. The molecule has 1 aliphatic heterocycles. The van der Waals surface area contributed by atoms with Crippen LogP contribution in [0.25, 0.3) is 0 Å². The highest BCUT2D eigenvalue weighted by Gasteiger charge is 2.20. The number of rotatable bonds is 4. The molecule has 0 spiro atoms. The number of amides is 1. The molecule has 0 bridgehead atoms. The number of halogens is 2. The smallest absolute Gasteiger partial charge is 0.237 e. The minimum Gasteiger partial charge on any atom is -0.353 e. The summed E-state index contributed by atoms with van der Waals surface area (Å²) >= 11 is 0. The van der Waals surface area contributed by atoms with Crippen LogP contribution in [0.15, 0.2) is 0 Å². The molecule has 15 heavy (non-hydrogen) atoms. The molecule has 4 nitrogen and oxygen atoms in total. The molecule has 0 aliphatic carbocycles. The summed E-state index contributed by atoms with van der Waals surface area (Å²) in [5, 5.41) is 6.08. The fourth-order valence-corrected chi connectivity index (χ4v) is 1.43. The summed E-state index contributed by atoms with van der Waals surface area (Å²) < 4.78 is 0. The molecule has 92 valence electrons. The van der Waals surface area contributed by atoms with Gasteiger partial charge in [-0.2, -0.15) is 0 Å². The third kappa shape index (κ3) is 6.95. The number of carbonyl (C=O) groups excluding carboxylic acids is 1. The second kappa shape index (κ2) is 9.21. The molecule has 0 aromatic rings. The minimum absolute atomic E-state index is 0. The third-order valence-corrected chi connectivity index (χ3v) is 2.24. The molecule has 1 rings (SSSR count). The van der Waals surface area contributed by atoms with Gasteiger partial charge in [0, 0.05) is 13.1 Å². The Kier molecular flexibility index (Phi) is 10.7. The molecule has 0 radical (unpaired) electrons. The van der Waals surface area contributed by atoms with Gasteiger partial charge in [0.2, 0.25) is 5.91 Å². The molecule has 1 saturated heterocycles. The van der Waals surface area contributed by atoms with Crippen LogP contribution in [0.4, 0.5) is 0 Å². The number of hydrogen-bond donors (Lipinski definition) is 2. The summed E-state index contributed by atoms with van der Waals surface area (Å²) in [5.74, 6) is 0.152. The van der Waals surface area contributed by atoms with Gasteiger partial charge in [-0.25, -0.2) is 0 Å². The number of likely N-dealkylation sites (N-methyl/N-ethyl adjacent to an activating group) is 1. The lowest BCUT2D eigenvalue weighted by atomic mass is 10.2. The molecular weight excluding hydrogens is 237 g/mol. The Labute approximate surface area is 104 Å². The molecule has 0 aromatic carbocycles. The summed E-state index contributed by atoms with van der Waals surface area (Å²) in [5.41, 5.74) is 0. The van der Waals surface area contributed by atoms with Gasteiger partial charge in [0.1, 0.15) is 0 Å². The van der Waals surface area contributed by atoms with Crippen molar-refractivity contribution in [2.75, 3.05) is 33.7 Å². The zero-order valence-corrected chi connectivity index (χ0v) is 10.9. The van der Waals surface area contributed by atoms with Crippen LogP contribution in [0.1, 0.15) is 12.8 Å². The number of carbonyl (C=O) groups is 1. The van der Waals surface area contributed by atoms with E-state index in [4.69, 9.17) is 0 Å². The first-order valence-corrected chi connectivity index (χ1v) is 4.86. The van der Waals surface area contributed by atoms with E-state index in [9.17, 15) is 4.79 Å². The fraction of sp³-hybridized carbons (Fsp3) is 0.889. The van der Waals surface area contributed by atoms with E-state index in [-0.39, 0.29) is 36.8 Å². The number of hydrogen-bond acceptors (Lipinski definition) is 3. The van der Waals surface area contributed by atoms with E-state index in [1.807, 2.05) is 14.1 Å². The Morgan fingerprint density at radius 2 is 2.13 bits per heavy atom. The van der Waals surface area contributed by atoms with Crippen LogP contribution in [0.3, 0.4) is 0 Å². The highest BCUT2D eigenvalue weighted by atomic mass is 35.5. The first-order valence-electron chi connectivity index (χ1n) is 4.86. The lowest BCUT2D eigenvalue weighted by Crippen LogP contribution is -2.42. The SMILES string of the molecule is CN(C)CCNC(=O)[C@@H]1CCCN1.Cl.Cl. The van der Waals surface area contributed by atoms with Crippen molar-refractivity contribution >= 4 is 30.7 Å². The van der Waals surface area contributed by atoms with Crippen molar-refractivity contribution in [3.8, 4) is 0 Å². The maximum atomic E-state index is 11.4. The van der Waals surface area contributed by atoms with E-state index in [2.05, 4.69) is 15.5 Å². The average molecular weight is 258 g/mol. The first kappa shape index (κ1) is 17.4. The summed E-state index contributed by atoms with van der Waals surface area (Å²) in [6, 6.07) is 0.0576. The maximum Gasteiger partial charge on any atom is 0.237 e. The van der Waals surface area contributed by atoms with Gasteiger partial charge < -0.3 is 15.5 Å². The zero-order chi connectivity index (χ0) is 9.68. The van der Waals surface area contributed by atoms with Gasteiger partial charge >= 0.3 is 0 Å². The Bertz CT molecular complexity index is 173. The molecule has 1 aliphatic rings. The van der Waals surface area contributed by atoms with Gasteiger partial charge in [-0.15, -0.1) is 24.8 Å². The second-order valence-electron chi connectivity index (χ2n) is 3.74. The van der Waals surface area contributed by atoms with Gasteiger partial charge in [0.25, 0.3) is 0 Å². The summed E-state index contributed by atoms with van der Waals surface area (Å²) in [4.78, 5) is 13.5. The van der Waals surface area contributed by atoms with E-state index in [0.29, 0.717) is 0 Å². The van der Waals surface area contributed by atoms with E-state index < -0.39 is 0 Å². The first-order chi connectivity index (χ1) is 6.20. The van der Waals surface area contributed by atoms with Gasteiger partial charge in [-0.05, 0) is 33.5 Å². The lowest BCUT2D eigenvalue weighted by Gasteiger charge is -2.13. The van der Waals surface area contributed by atoms with Gasteiger partial charge in [-0.1, -0.05) is 0 Å². The Morgan fingerprint density at radius 1 is 1.47 bits per heavy atom. The Balaban J connectivity index is 0. The molecule has 1 fully saturated rings. The van der Waals surface area contributed by atoms with E-state index in [0.717, 1.165) is 32.5 Å². The second-order valence-corrected chi connectivity index (χ2v) is 3.74. The van der Waals surface area contributed by atoms with Crippen LogP contribution in [0, 0.1) is 0 Å². The van der Waals surface area contributed by atoms with Crippen LogP contribution < -0.4 is 10.6 Å². The number of nitrogens with zero attached hydrogens (tertiary/aromatic N) is 1. The van der Waals surface area contributed by atoms with E-state index in [1.54, 1.807) is 0 Å². The minimum atomic E-state index is 0. The molecule has 1 amide bonds. The normalized spacial score (nSPS) is 19.3. The largest absolute Gasteiger partial charge is 0.353 e. The van der Waals surface area contributed by atoms with Crippen LogP contribution in [-0.4, -0.2) is 50.6 Å². The van der Waals surface area contributed by atoms with E-state index in [1.165, 1.54) is 0 Å². The quantitative estimate of drug-likeness (QED) is 0.760. The summed E-state index contributed by atoms with van der Waals surface area (Å²) in [6.45, 7) is 2.62. The van der Waals surface area contributed by atoms with Gasteiger partial charge in [0.15, 0.2) is 0 Å². The van der Waals surface area contributed by atoms with Gasteiger partial charge in [0.05, 0.1) is 6.04 Å². The van der Waals surface area contributed by atoms with Crippen LogP contribution in [0.5, 0.6) is 0 Å². The standard InChI is InChI=1S/C9H19N3O.2ClH/c1-12(2)7-6-11-9(13)8-4-3-5-10-8;;/h8,10H,3-7H2,1-2H3,(H,11,13);2*1H/t8-;;/m0../s1. The highest BCUT2D eigenvalue weighted by molar-refractivity contribution is 5.85. The van der Waals surface area contributed by atoms with Crippen molar-refractivity contribution in [3.05, 3.63) is 0 Å². The molecule has 0 unspecified atom stereocenters. The Morgan fingerprint density at radius 3 is 2.60 bits per heavy atom. The third-order valence-electron chi connectivity index (χ3n) is 2.24. The average Bonchev–Trinajstić information content (AvgIpc) is 2.55. The molecule has 0 aromatic heterocycles. The molecule has 2 N–H and O–H groups in total. The van der Waals surface area contributed by atoms with Gasteiger partial charge in [-0.3, -0.25) is 4.79 Å². The lowest BCUT2D eigenvalue weighted by molar-refractivity contribution is -0.122. The molecule has 6 heteroatoms. The van der Waals surface area contributed by atoms with Crippen LogP contribution >= 0.6 is 24.8 Å². The van der Waals surface area contributed by atoms with Crippen LogP contribution in [-0.2, 0) is 4.79 Å². The molecule has 0 saturated carbocycles. The topological polar surface area (TPSA) is 44.4 Å². The van der Waals surface area contributed by atoms with Crippen molar-refractivity contribution < 1.29 is 4.79 Å². The van der Waals surface area contributed by atoms with E-state index >= 15 is 0 Å². The maximum absolute atomic E-state index is 11.4. The zero-order valence-electron chi connectivity index (χ0n) is 9.28. The predicted octanol–water partition coefficient (Wildman–Crippen LogP) is 0.260.